The predicted octanol–water partition coefficient (Wildman–Crippen LogP) is 4.36. The third-order valence-electron chi connectivity index (χ3n) is 4.84. The van der Waals surface area contributed by atoms with Crippen molar-refractivity contribution in [2.75, 3.05) is 18.5 Å². The average molecular weight is 437 g/mol. The van der Waals surface area contributed by atoms with Crippen LogP contribution in [0.4, 0.5) is 5.69 Å². The molecule has 0 bridgehead atoms. The van der Waals surface area contributed by atoms with Crippen molar-refractivity contribution in [3.63, 3.8) is 0 Å². The maximum absolute atomic E-state index is 12.8. The topological polar surface area (TPSA) is 69.6 Å². The van der Waals surface area contributed by atoms with E-state index in [2.05, 4.69) is 5.32 Å². The zero-order chi connectivity index (χ0) is 21.8. The number of benzene rings is 2. The second kappa shape index (κ2) is 9.10. The molecule has 3 aromatic rings. The Hall–Kier alpha value is -3.51. The SMILES string of the molecule is CCOc1cccc2c1OCC(C(=O)Nc1ccc(=O)n(Cc3ccccc3Cl)c1)=C2. The van der Waals surface area contributed by atoms with Crippen molar-refractivity contribution in [3.8, 4) is 11.5 Å². The number of nitrogens with zero attached hydrogens (tertiary/aromatic N) is 1. The van der Waals surface area contributed by atoms with Gasteiger partial charge in [0, 0.05) is 22.8 Å². The number of rotatable bonds is 6. The third kappa shape index (κ3) is 4.64. The Kier molecular flexibility index (Phi) is 6.09. The van der Waals surface area contributed by atoms with Crippen LogP contribution < -0.4 is 20.3 Å². The lowest BCUT2D eigenvalue weighted by molar-refractivity contribution is -0.113. The lowest BCUT2D eigenvalue weighted by Crippen LogP contribution is -2.24. The fourth-order valence-electron chi connectivity index (χ4n) is 3.33. The van der Waals surface area contributed by atoms with Crippen molar-refractivity contribution in [1.82, 2.24) is 4.57 Å². The van der Waals surface area contributed by atoms with E-state index in [1.165, 1.54) is 10.6 Å². The van der Waals surface area contributed by atoms with Gasteiger partial charge in [-0.1, -0.05) is 41.9 Å². The number of carbonyl (C=O) groups excluding carboxylic acids is 1. The van der Waals surface area contributed by atoms with Crippen LogP contribution in [0.15, 0.2) is 71.2 Å². The predicted molar refractivity (Wildman–Crippen MR) is 121 cm³/mol. The van der Waals surface area contributed by atoms with Gasteiger partial charge in [0.1, 0.15) is 6.61 Å². The molecule has 4 rings (SSSR count). The first-order valence-electron chi connectivity index (χ1n) is 9.89. The van der Waals surface area contributed by atoms with Crippen molar-refractivity contribution in [1.29, 1.82) is 0 Å². The monoisotopic (exact) mass is 436 g/mol. The molecule has 6 nitrogen and oxygen atoms in total. The first-order valence-corrected chi connectivity index (χ1v) is 10.3. The van der Waals surface area contributed by atoms with Gasteiger partial charge >= 0.3 is 0 Å². The first kappa shape index (κ1) is 20.8. The summed E-state index contributed by atoms with van der Waals surface area (Å²) in [7, 11) is 0. The Morgan fingerprint density at radius 3 is 2.81 bits per heavy atom. The highest BCUT2D eigenvalue weighted by molar-refractivity contribution is 6.31. The van der Waals surface area contributed by atoms with E-state index in [4.69, 9.17) is 21.1 Å². The molecule has 0 spiro atoms. The molecule has 31 heavy (non-hydrogen) atoms. The van der Waals surface area contributed by atoms with Gasteiger partial charge in [-0.15, -0.1) is 0 Å². The summed E-state index contributed by atoms with van der Waals surface area (Å²) >= 11 is 6.21. The Bertz CT molecular complexity index is 1220. The number of hydrogen-bond acceptors (Lipinski definition) is 4. The second-order valence-corrected chi connectivity index (χ2v) is 7.40. The van der Waals surface area contributed by atoms with Crippen LogP contribution in [0.1, 0.15) is 18.1 Å². The molecule has 0 aliphatic carbocycles. The van der Waals surface area contributed by atoms with E-state index >= 15 is 0 Å². The number of aromatic nitrogens is 1. The molecule has 1 amide bonds. The van der Waals surface area contributed by atoms with Gasteiger partial charge in [-0.2, -0.15) is 0 Å². The molecule has 0 saturated carbocycles. The lowest BCUT2D eigenvalue weighted by Gasteiger charge is -2.20. The highest BCUT2D eigenvalue weighted by Gasteiger charge is 2.20. The summed E-state index contributed by atoms with van der Waals surface area (Å²) in [6, 6.07) is 15.9. The van der Waals surface area contributed by atoms with Crippen molar-refractivity contribution < 1.29 is 14.3 Å². The fourth-order valence-corrected chi connectivity index (χ4v) is 3.53. The molecule has 1 aromatic heterocycles. The number of para-hydroxylation sites is 1. The molecule has 0 radical (unpaired) electrons. The summed E-state index contributed by atoms with van der Waals surface area (Å²) in [5.74, 6) is 0.993. The second-order valence-electron chi connectivity index (χ2n) is 7.00. The van der Waals surface area contributed by atoms with Gasteiger partial charge in [-0.3, -0.25) is 9.59 Å². The molecule has 1 aliphatic heterocycles. The first-order chi connectivity index (χ1) is 15.0. The summed E-state index contributed by atoms with van der Waals surface area (Å²) in [6.07, 6.45) is 3.39. The summed E-state index contributed by atoms with van der Waals surface area (Å²) in [4.78, 5) is 25.1. The Morgan fingerprint density at radius 1 is 1.16 bits per heavy atom. The maximum Gasteiger partial charge on any atom is 0.255 e. The standard InChI is InChI=1S/C24H21ClN2O4/c1-2-30-21-9-5-7-16-12-18(15-31-23(16)21)24(29)26-19-10-11-22(28)27(14-19)13-17-6-3-4-8-20(17)25/h3-12,14H,2,13,15H2,1H3,(H,26,29). The van der Waals surface area contributed by atoms with Gasteiger partial charge in [0.15, 0.2) is 11.5 Å². The minimum atomic E-state index is -0.296. The number of halogens is 1. The molecule has 0 atom stereocenters. The van der Waals surface area contributed by atoms with Crippen LogP contribution in [0.5, 0.6) is 11.5 Å². The van der Waals surface area contributed by atoms with Gasteiger partial charge in [0.25, 0.3) is 11.5 Å². The number of anilines is 1. The minimum absolute atomic E-state index is 0.127. The van der Waals surface area contributed by atoms with Gasteiger partial charge in [0.2, 0.25) is 0 Å². The molecule has 1 aliphatic rings. The van der Waals surface area contributed by atoms with Crippen LogP contribution in [0.2, 0.25) is 5.02 Å². The number of fused-ring (bicyclic) bond motifs is 1. The van der Waals surface area contributed by atoms with Gasteiger partial charge in [0.05, 0.1) is 24.4 Å². The third-order valence-corrected chi connectivity index (χ3v) is 5.21. The van der Waals surface area contributed by atoms with E-state index < -0.39 is 0 Å². The number of carbonyl (C=O) groups is 1. The van der Waals surface area contributed by atoms with Crippen LogP contribution in [0, 0.1) is 0 Å². The number of nitrogens with one attached hydrogen (secondary N) is 1. The molecule has 2 aromatic carbocycles. The highest BCUT2D eigenvalue weighted by Crippen LogP contribution is 2.35. The highest BCUT2D eigenvalue weighted by atomic mass is 35.5. The molecule has 158 valence electrons. The average Bonchev–Trinajstić information content (AvgIpc) is 2.77. The van der Waals surface area contributed by atoms with Crippen LogP contribution in [-0.2, 0) is 11.3 Å². The molecular weight excluding hydrogens is 416 g/mol. The largest absolute Gasteiger partial charge is 0.490 e. The molecule has 2 heterocycles. The Labute approximate surface area is 184 Å². The number of ether oxygens (including phenoxy) is 2. The van der Waals surface area contributed by atoms with Crippen molar-refractivity contribution in [2.24, 2.45) is 0 Å². The quantitative estimate of drug-likeness (QED) is 0.623. The van der Waals surface area contributed by atoms with Crippen LogP contribution in [-0.4, -0.2) is 23.7 Å². The summed E-state index contributed by atoms with van der Waals surface area (Å²) < 4.78 is 12.9. The van der Waals surface area contributed by atoms with E-state index in [9.17, 15) is 9.59 Å². The van der Waals surface area contributed by atoms with Gasteiger partial charge in [-0.25, -0.2) is 0 Å². The van der Waals surface area contributed by atoms with E-state index in [0.717, 1.165) is 11.1 Å². The van der Waals surface area contributed by atoms with E-state index in [0.29, 0.717) is 40.9 Å². The Balaban J connectivity index is 1.53. The number of amides is 1. The molecule has 0 unspecified atom stereocenters. The van der Waals surface area contributed by atoms with Crippen molar-refractivity contribution >= 4 is 29.3 Å². The summed E-state index contributed by atoms with van der Waals surface area (Å²) in [6.45, 7) is 2.87. The molecule has 7 heteroatoms. The molecule has 1 N–H and O–H groups in total. The number of hydrogen-bond donors (Lipinski definition) is 1. The van der Waals surface area contributed by atoms with Gasteiger partial charge in [-0.05, 0) is 36.8 Å². The van der Waals surface area contributed by atoms with E-state index in [-0.39, 0.29) is 18.1 Å². The van der Waals surface area contributed by atoms with E-state index in [1.807, 2.05) is 43.3 Å². The normalized spacial score (nSPS) is 12.4. The van der Waals surface area contributed by atoms with Crippen LogP contribution in [0.25, 0.3) is 6.08 Å². The smallest absolute Gasteiger partial charge is 0.255 e. The summed E-state index contributed by atoms with van der Waals surface area (Å²) in [5, 5.41) is 3.42. The number of pyridine rings is 1. The molecule has 0 saturated heterocycles. The van der Waals surface area contributed by atoms with Crippen molar-refractivity contribution in [2.45, 2.75) is 13.5 Å². The molecular formula is C24H21ClN2O4. The minimum Gasteiger partial charge on any atom is -0.490 e. The van der Waals surface area contributed by atoms with Crippen LogP contribution in [0.3, 0.4) is 0 Å². The lowest BCUT2D eigenvalue weighted by atomic mass is 10.1. The fraction of sp³-hybridized carbons (Fsp3) is 0.167. The Morgan fingerprint density at radius 2 is 2.00 bits per heavy atom. The maximum atomic E-state index is 12.8. The molecule has 0 fully saturated rings. The zero-order valence-electron chi connectivity index (χ0n) is 16.9. The van der Waals surface area contributed by atoms with Crippen LogP contribution >= 0.6 is 11.6 Å². The van der Waals surface area contributed by atoms with Crippen molar-refractivity contribution in [3.05, 3.63) is 92.9 Å². The zero-order valence-corrected chi connectivity index (χ0v) is 17.7. The van der Waals surface area contributed by atoms with Gasteiger partial charge < -0.3 is 19.4 Å². The van der Waals surface area contributed by atoms with E-state index in [1.54, 1.807) is 24.4 Å². The summed E-state index contributed by atoms with van der Waals surface area (Å²) in [5.41, 5.74) is 2.40.